The summed E-state index contributed by atoms with van der Waals surface area (Å²) in [6.07, 6.45) is 0. The van der Waals surface area contributed by atoms with Gasteiger partial charge in [0.2, 0.25) is 5.91 Å². The summed E-state index contributed by atoms with van der Waals surface area (Å²) in [5.74, 6) is -1.46. The van der Waals surface area contributed by atoms with Crippen LogP contribution < -0.4 is 9.21 Å². The summed E-state index contributed by atoms with van der Waals surface area (Å²) < 4.78 is 54.6. The minimum Gasteiger partial charge on any atom is -0.368 e. The van der Waals surface area contributed by atoms with Crippen LogP contribution in [-0.4, -0.2) is 51.9 Å². The van der Waals surface area contributed by atoms with Gasteiger partial charge in [0.05, 0.1) is 10.6 Å². The van der Waals surface area contributed by atoms with E-state index in [-0.39, 0.29) is 16.5 Å². The molecule has 1 saturated heterocycles. The summed E-state index contributed by atoms with van der Waals surface area (Å²) in [4.78, 5) is 16.9. The first kappa shape index (κ1) is 24.7. The molecule has 35 heavy (non-hydrogen) atoms. The van der Waals surface area contributed by atoms with E-state index in [2.05, 4.69) is 30.9 Å². The smallest absolute Gasteiger partial charge is 0.264 e. The highest BCUT2D eigenvalue weighted by Crippen LogP contribution is 2.26. The minimum atomic E-state index is -4.20. The van der Waals surface area contributed by atoms with Crippen molar-refractivity contribution in [3.8, 4) is 0 Å². The zero-order valence-corrected chi connectivity index (χ0v) is 20.4. The first-order chi connectivity index (χ1) is 16.7. The molecule has 3 aromatic rings. The lowest BCUT2D eigenvalue weighted by atomic mass is 10.1. The summed E-state index contributed by atoms with van der Waals surface area (Å²) >= 11 is 0. The Morgan fingerprint density at radius 1 is 0.857 bits per heavy atom. The highest BCUT2D eigenvalue weighted by atomic mass is 32.2. The molecule has 1 heterocycles. The van der Waals surface area contributed by atoms with Crippen LogP contribution in [-0.2, 0) is 14.8 Å². The number of anilines is 2. The second-order valence-electron chi connectivity index (χ2n) is 8.53. The van der Waals surface area contributed by atoms with E-state index in [0.717, 1.165) is 46.4 Å². The van der Waals surface area contributed by atoms with E-state index in [9.17, 15) is 22.0 Å². The fourth-order valence-electron chi connectivity index (χ4n) is 4.15. The van der Waals surface area contributed by atoms with E-state index in [4.69, 9.17) is 0 Å². The number of carbonyl (C=O) groups excluding carboxylic acids is 1. The van der Waals surface area contributed by atoms with Crippen molar-refractivity contribution in [2.75, 3.05) is 41.9 Å². The molecule has 9 heteroatoms. The average Bonchev–Trinajstić information content (AvgIpc) is 2.85. The van der Waals surface area contributed by atoms with Gasteiger partial charge in [-0.25, -0.2) is 17.2 Å². The highest BCUT2D eigenvalue weighted by molar-refractivity contribution is 7.92. The normalized spacial score (nSPS) is 14.2. The van der Waals surface area contributed by atoms with Gasteiger partial charge in [-0.3, -0.25) is 9.10 Å². The lowest BCUT2D eigenvalue weighted by Crippen LogP contribution is -2.52. The first-order valence-electron chi connectivity index (χ1n) is 11.3. The number of benzene rings is 3. The topological polar surface area (TPSA) is 60.9 Å². The summed E-state index contributed by atoms with van der Waals surface area (Å²) in [5.41, 5.74) is 3.67. The van der Waals surface area contributed by atoms with Gasteiger partial charge in [-0.15, -0.1) is 0 Å². The summed E-state index contributed by atoms with van der Waals surface area (Å²) in [7, 11) is -4.20. The predicted octanol–water partition coefficient (Wildman–Crippen LogP) is 4.13. The molecule has 1 aliphatic heterocycles. The molecule has 0 unspecified atom stereocenters. The van der Waals surface area contributed by atoms with Gasteiger partial charge in [-0.2, -0.15) is 0 Å². The quantitative estimate of drug-likeness (QED) is 0.512. The Labute approximate surface area is 204 Å². The Hall–Kier alpha value is -3.46. The molecular formula is C26H27F2N3O3S. The van der Waals surface area contributed by atoms with Gasteiger partial charge in [0.25, 0.3) is 10.0 Å². The molecule has 0 bridgehead atoms. The third kappa shape index (κ3) is 5.30. The fraction of sp³-hybridized carbons (Fsp3) is 0.269. The molecule has 0 aliphatic carbocycles. The monoisotopic (exact) mass is 499 g/mol. The number of hydrogen-bond acceptors (Lipinski definition) is 4. The maximum atomic E-state index is 13.5. The van der Waals surface area contributed by atoms with Gasteiger partial charge >= 0.3 is 0 Å². The van der Waals surface area contributed by atoms with E-state index in [1.807, 2.05) is 6.07 Å². The maximum Gasteiger partial charge on any atom is 0.264 e. The molecule has 4 rings (SSSR count). The molecule has 184 valence electrons. The number of piperazine rings is 1. The summed E-state index contributed by atoms with van der Waals surface area (Å²) in [6, 6.07) is 15.4. The SMILES string of the molecule is Cc1cccc(N2CCN(C(=O)CN(c3ccc(F)cc3)S(=O)(=O)c3ccc(F)cc3)CC2)c1C. The van der Waals surface area contributed by atoms with E-state index in [1.165, 1.54) is 23.3 Å². The molecule has 0 atom stereocenters. The largest absolute Gasteiger partial charge is 0.368 e. The number of nitrogens with zero attached hydrogens (tertiary/aromatic N) is 3. The second-order valence-corrected chi connectivity index (χ2v) is 10.4. The maximum absolute atomic E-state index is 13.5. The van der Waals surface area contributed by atoms with E-state index >= 15 is 0 Å². The number of rotatable bonds is 6. The third-order valence-corrected chi connectivity index (χ3v) is 8.13. The molecule has 1 aliphatic rings. The van der Waals surface area contributed by atoms with E-state index in [0.29, 0.717) is 26.2 Å². The molecule has 1 amide bonds. The number of amides is 1. The number of sulfonamides is 1. The number of halogens is 2. The third-order valence-electron chi connectivity index (χ3n) is 6.34. The molecule has 0 spiro atoms. The number of hydrogen-bond donors (Lipinski definition) is 0. The molecule has 0 aromatic heterocycles. The van der Waals surface area contributed by atoms with Crippen LogP contribution in [0.3, 0.4) is 0 Å². The van der Waals surface area contributed by atoms with Crippen LogP contribution in [0.25, 0.3) is 0 Å². The zero-order valence-electron chi connectivity index (χ0n) is 19.6. The van der Waals surface area contributed by atoms with Crippen molar-refractivity contribution >= 4 is 27.3 Å². The minimum absolute atomic E-state index is 0.151. The van der Waals surface area contributed by atoms with Crippen LogP contribution in [0.4, 0.5) is 20.2 Å². The van der Waals surface area contributed by atoms with Crippen molar-refractivity contribution in [3.63, 3.8) is 0 Å². The van der Waals surface area contributed by atoms with Crippen LogP contribution in [0, 0.1) is 25.5 Å². The lowest BCUT2D eigenvalue weighted by Gasteiger charge is -2.38. The van der Waals surface area contributed by atoms with Crippen LogP contribution in [0.2, 0.25) is 0 Å². The molecular weight excluding hydrogens is 472 g/mol. The molecule has 0 N–H and O–H groups in total. The lowest BCUT2D eigenvalue weighted by molar-refractivity contribution is -0.129. The summed E-state index contributed by atoms with van der Waals surface area (Å²) in [6.45, 7) is 5.82. The van der Waals surface area contributed by atoms with Gasteiger partial charge in [0.1, 0.15) is 18.2 Å². The zero-order chi connectivity index (χ0) is 25.2. The van der Waals surface area contributed by atoms with Gasteiger partial charge in [0, 0.05) is 31.9 Å². The Kier molecular flexibility index (Phi) is 7.07. The Balaban J connectivity index is 1.53. The van der Waals surface area contributed by atoms with Crippen LogP contribution >= 0.6 is 0 Å². The Bertz CT molecular complexity index is 1300. The van der Waals surface area contributed by atoms with Crippen molar-refractivity contribution < 1.29 is 22.0 Å². The van der Waals surface area contributed by atoms with Crippen molar-refractivity contribution in [3.05, 3.63) is 89.5 Å². The Morgan fingerprint density at radius 3 is 2.03 bits per heavy atom. The number of carbonyl (C=O) groups is 1. The second kappa shape index (κ2) is 10.0. The average molecular weight is 500 g/mol. The fourth-order valence-corrected chi connectivity index (χ4v) is 5.57. The molecule has 0 saturated carbocycles. The predicted molar refractivity (Wildman–Crippen MR) is 132 cm³/mol. The van der Waals surface area contributed by atoms with Gasteiger partial charge in [-0.1, -0.05) is 12.1 Å². The molecule has 0 radical (unpaired) electrons. The Morgan fingerprint density at radius 2 is 1.43 bits per heavy atom. The van der Waals surface area contributed by atoms with Crippen molar-refractivity contribution in [1.82, 2.24) is 4.90 Å². The van der Waals surface area contributed by atoms with Crippen LogP contribution in [0.1, 0.15) is 11.1 Å². The molecule has 1 fully saturated rings. The van der Waals surface area contributed by atoms with E-state index in [1.54, 1.807) is 4.90 Å². The van der Waals surface area contributed by atoms with Gasteiger partial charge < -0.3 is 9.80 Å². The summed E-state index contributed by atoms with van der Waals surface area (Å²) in [5, 5.41) is 0. The van der Waals surface area contributed by atoms with Crippen molar-refractivity contribution in [2.45, 2.75) is 18.7 Å². The van der Waals surface area contributed by atoms with Crippen LogP contribution in [0.5, 0.6) is 0 Å². The van der Waals surface area contributed by atoms with E-state index < -0.39 is 28.2 Å². The number of aryl methyl sites for hydroxylation is 1. The molecule has 6 nitrogen and oxygen atoms in total. The standard InChI is InChI=1S/C26H27F2N3O3S/c1-19-4-3-5-25(20(19)2)29-14-16-30(17-15-29)26(32)18-31(23-10-6-21(27)7-11-23)35(33,34)24-12-8-22(28)9-13-24/h3-13H,14-18H2,1-2H3. The van der Waals surface area contributed by atoms with Gasteiger partial charge in [0.15, 0.2) is 0 Å². The highest BCUT2D eigenvalue weighted by Gasteiger charge is 2.30. The first-order valence-corrected chi connectivity index (χ1v) is 12.7. The molecule has 3 aromatic carbocycles. The van der Waals surface area contributed by atoms with Gasteiger partial charge in [-0.05, 0) is 79.6 Å². The van der Waals surface area contributed by atoms with Crippen molar-refractivity contribution in [1.29, 1.82) is 0 Å². The van der Waals surface area contributed by atoms with Crippen molar-refractivity contribution in [2.24, 2.45) is 0 Å². The van der Waals surface area contributed by atoms with Crippen LogP contribution in [0.15, 0.2) is 71.6 Å².